The first-order valence-electron chi connectivity index (χ1n) is 6.17. The molecule has 2 radical (unpaired) electrons. The highest BCUT2D eigenvalue weighted by Crippen LogP contribution is 2.36. The van der Waals surface area contributed by atoms with Crippen molar-refractivity contribution >= 4 is 15.9 Å². The summed E-state index contributed by atoms with van der Waals surface area (Å²) in [5.74, 6) is 0.628. The fourth-order valence-electron chi connectivity index (χ4n) is 2.51. The maximum absolute atomic E-state index is 9.51. The van der Waals surface area contributed by atoms with E-state index in [4.69, 9.17) is 0 Å². The van der Waals surface area contributed by atoms with E-state index in [9.17, 15) is 5.73 Å². The van der Waals surface area contributed by atoms with Crippen molar-refractivity contribution in [1.82, 2.24) is 5.73 Å². The van der Waals surface area contributed by atoms with Crippen molar-refractivity contribution in [1.29, 1.82) is 0 Å². The van der Waals surface area contributed by atoms with Gasteiger partial charge < -0.3 is 0 Å². The van der Waals surface area contributed by atoms with Crippen LogP contribution in [-0.4, -0.2) is 6.04 Å². The zero-order valence-corrected chi connectivity index (χ0v) is 11.3. The Balaban J connectivity index is 2.14. The summed E-state index contributed by atoms with van der Waals surface area (Å²) in [4.78, 5) is 0. The molecule has 0 unspecified atom stereocenters. The summed E-state index contributed by atoms with van der Waals surface area (Å²) in [5, 5.41) is 0. The van der Waals surface area contributed by atoms with Crippen molar-refractivity contribution in [3.63, 3.8) is 0 Å². The van der Waals surface area contributed by atoms with Gasteiger partial charge in [-0.1, -0.05) is 35.0 Å². The van der Waals surface area contributed by atoms with Crippen LogP contribution in [0, 0.1) is 0 Å². The highest BCUT2D eigenvalue weighted by Gasteiger charge is 2.22. The minimum absolute atomic E-state index is 0.0649. The lowest BCUT2D eigenvalue weighted by atomic mass is 9.82. The molecule has 1 saturated carbocycles. The molecule has 0 spiro atoms. The lowest BCUT2D eigenvalue weighted by Gasteiger charge is -2.26. The molecule has 1 fully saturated rings. The van der Waals surface area contributed by atoms with Crippen LogP contribution in [0.15, 0.2) is 22.7 Å². The minimum Gasteiger partial charge on any atom is -0.141 e. The fraction of sp³-hybridized carbons (Fsp3) is 0.571. The number of aryl methyl sites for hydroxylation is 1. The normalized spacial score (nSPS) is 25.7. The van der Waals surface area contributed by atoms with Gasteiger partial charge in [0.2, 0.25) is 0 Å². The molecule has 16 heavy (non-hydrogen) atoms. The van der Waals surface area contributed by atoms with Gasteiger partial charge in [0.1, 0.15) is 0 Å². The van der Waals surface area contributed by atoms with Crippen LogP contribution in [0.5, 0.6) is 0 Å². The monoisotopic (exact) mass is 279 g/mol. The summed E-state index contributed by atoms with van der Waals surface area (Å²) in [7, 11) is 0. The van der Waals surface area contributed by atoms with E-state index in [2.05, 4.69) is 41.1 Å². The second-order valence-electron chi connectivity index (χ2n) is 4.71. The third kappa shape index (κ3) is 2.67. The highest BCUT2D eigenvalue weighted by molar-refractivity contribution is 9.10. The topological polar surface area (TPSA) is 22.3 Å². The molecular formula is C14H18BrN. The molecule has 1 aliphatic carbocycles. The number of benzene rings is 1. The Morgan fingerprint density at radius 3 is 2.50 bits per heavy atom. The minimum atomic E-state index is -0.0649. The van der Waals surface area contributed by atoms with Crippen molar-refractivity contribution in [3.8, 4) is 0 Å². The van der Waals surface area contributed by atoms with Crippen LogP contribution in [0.1, 0.15) is 49.7 Å². The first-order valence-corrected chi connectivity index (χ1v) is 6.96. The molecule has 0 saturated heterocycles. The second-order valence-corrected chi connectivity index (χ2v) is 5.57. The Bertz CT molecular complexity index is 354. The van der Waals surface area contributed by atoms with Gasteiger partial charge in [-0.15, -0.1) is 5.73 Å². The molecule has 86 valence electrons. The quantitative estimate of drug-likeness (QED) is 0.778. The summed E-state index contributed by atoms with van der Waals surface area (Å²) >= 11 is 3.68. The van der Waals surface area contributed by atoms with Gasteiger partial charge in [0.25, 0.3) is 0 Å². The molecule has 2 rings (SSSR count). The van der Waals surface area contributed by atoms with Crippen LogP contribution in [-0.2, 0) is 6.42 Å². The average molecular weight is 280 g/mol. The van der Waals surface area contributed by atoms with E-state index < -0.39 is 0 Å². The summed E-state index contributed by atoms with van der Waals surface area (Å²) in [5.41, 5.74) is 12.3. The molecule has 2 heteroatoms. The molecule has 0 aliphatic heterocycles. The maximum Gasteiger partial charge on any atom is 0.0434 e. The van der Waals surface area contributed by atoms with E-state index in [0.717, 1.165) is 32.1 Å². The van der Waals surface area contributed by atoms with E-state index in [1.807, 2.05) is 0 Å². The molecule has 1 aliphatic rings. The summed E-state index contributed by atoms with van der Waals surface area (Å²) in [6.45, 7) is 2.18. The third-order valence-corrected chi connectivity index (χ3v) is 4.30. The largest absolute Gasteiger partial charge is 0.141 e. The van der Waals surface area contributed by atoms with Gasteiger partial charge in [-0.2, -0.15) is 0 Å². The molecule has 0 N–H and O–H groups in total. The summed E-state index contributed by atoms with van der Waals surface area (Å²) < 4.78 is 1.24. The van der Waals surface area contributed by atoms with Crippen LogP contribution < -0.4 is 5.73 Å². The fourth-order valence-corrected chi connectivity index (χ4v) is 3.26. The molecule has 1 nitrogen and oxygen atoms in total. The van der Waals surface area contributed by atoms with Gasteiger partial charge in [-0.3, -0.25) is 0 Å². The second kappa shape index (κ2) is 5.33. The van der Waals surface area contributed by atoms with E-state index >= 15 is 0 Å². The number of hydrogen-bond acceptors (Lipinski definition) is 0. The predicted molar refractivity (Wildman–Crippen MR) is 70.7 cm³/mol. The van der Waals surface area contributed by atoms with Gasteiger partial charge in [-0.05, 0) is 55.2 Å². The summed E-state index contributed by atoms with van der Waals surface area (Å²) in [6.07, 6.45) is 5.22. The van der Waals surface area contributed by atoms with Crippen LogP contribution in [0.25, 0.3) is 0 Å². The third-order valence-electron chi connectivity index (χ3n) is 3.61. The van der Waals surface area contributed by atoms with Gasteiger partial charge in [0, 0.05) is 10.5 Å². The van der Waals surface area contributed by atoms with Crippen molar-refractivity contribution < 1.29 is 0 Å². The molecule has 0 bridgehead atoms. The number of hydrogen-bond donors (Lipinski definition) is 0. The smallest absolute Gasteiger partial charge is 0.0434 e. The first-order chi connectivity index (χ1) is 7.70. The predicted octanol–water partition coefficient (Wildman–Crippen LogP) is 4.11. The standard InChI is InChI=1S/C14H18BrN/c1-2-10-3-8-13(14(15)9-10)11-4-6-12(16)7-5-11/h3,8-9,11-12H,2,4-7H2,1H3. The van der Waals surface area contributed by atoms with Gasteiger partial charge in [0.05, 0.1) is 0 Å². The van der Waals surface area contributed by atoms with E-state index in [1.165, 1.54) is 15.6 Å². The van der Waals surface area contributed by atoms with Gasteiger partial charge in [0.15, 0.2) is 0 Å². The highest BCUT2D eigenvalue weighted by atomic mass is 79.9. The molecule has 0 atom stereocenters. The Hall–Kier alpha value is -0.340. The van der Waals surface area contributed by atoms with E-state index in [1.54, 1.807) is 0 Å². The lowest BCUT2D eigenvalue weighted by molar-refractivity contribution is 0.388. The molecular weight excluding hydrogens is 262 g/mol. The molecule has 1 aromatic carbocycles. The number of rotatable bonds is 2. The lowest BCUT2D eigenvalue weighted by Crippen LogP contribution is -2.18. The van der Waals surface area contributed by atoms with E-state index in [0.29, 0.717) is 5.92 Å². The van der Waals surface area contributed by atoms with Crippen LogP contribution in [0.2, 0.25) is 0 Å². The van der Waals surface area contributed by atoms with Crippen molar-refractivity contribution in [2.75, 3.05) is 0 Å². The Morgan fingerprint density at radius 2 is 1.94 bits per heavy atom. The van der Waals surface area contributed by atoms with Crippen molar-refractivity contribution in [3.05, 3.63) is 33.8 Å². The maximum atomic E-state index is 9.51. The summed E-state index contributed by atoms with van der Waals surface area (Å²) in [6, 6.07) is 6.65. The van der Waals surface area contributed by atoms with Gasteiger partial charge in [-0.25, -0.2) is 0 Å². The average Bonchev–Trinajstić information content (AvgIpc) is 2.30. The van der Waals surface area contributed by atoms with Gasteiger partial charge >= 0.3 is 0 Å². The number of nitrogens with zero attached hydrogens (tertiary/aromatic N) is 1. The van der Waals surface area contributed by atoms with Crippen molar-refractivity contribution in [2.24, 2.45) is 0 Å². The zero-order chi connectivity index (χ0) is 11.5. The first kappa shape index (κ1) is 12.1. The van der Waals surface area contributed by atoms with Crippen LogP contribution >= 0.6 is 15.9 Å². The zero-order valence-electron chi connectivity index (χ0n) is 9.75. The molecule has 0 aromatic heterocycles. The SMILES string of the molecule is CCc1ccc(C2CCC([N])CC2)c(Br)c1. The molecule has 1 aromatic rings. The Morgan fingerprint density at radius 1 is 1.25 bits per heavy atom. The van der Waals surface area contributed by atoms with Crippen LogP contribution in [0.4, 0.5) is 0 Å². The van der Waals surface area contributed by atoms with E-state index in [-0.39, 0.29) is 6.04 Å². The Kier molecular flexibility index (Phi) is 4.04. The Labute approximate surface area is 107 Å². The number of halogens is 1. The molecule has 0 amide bonds. The molecule has 0 heterocycles. The van der Waals surface area contributed by atoms with Crippen LogP contribution in [0.3, 0.4) is 0 Å². The van der Waals surface area contributed by atoms with Crippen molar-refractivity contribution in [2.45, 2.75) is 51.0 Å².